The first kappa shape index (κ1) is 49.8. The third-order valence-electron chi connectivity index (χ3n) is 12.1. The Morgan fingerprint density at radius 2 is 1.48 bits per heavy atom. The van der Waals surface area contributed by atoms with Crippen LogP contribution in [0.4, 0.5) is 0 Å². The van der Waals surface area contributed by atoms with Gasteiger partial charge in [0.05, 0.1) is 42.7 Å². The summed E-state index contributed by atoms with van der Waals surface area (Å²) in [4.78, 5) is 73.8. The summed E-state index contributed by atoms with van der Waals surface area (Å²) in [5.74, 6) is -3.39. The van der Waals surface area contributed by atoms with Crippen LogP contribution >= 0.6 is 0 Å². The van der Waals surface area contributed by atoms with E-state index >= 15 is 0 Å². The molecule has 4 amide bonds. The fourth-order valence-corrected chi connectivity index (χ4v) is 8.63. The van der Waals surface area contributed by atoms with E-state index < -0.39 is 60.2 Å². The summed E-state index contributed by atoms with van der Waals surface area (Å²) in [7, 11) is 6.60. The Bertz CT molecular complexity index is 1690. The Labute approximate surface area is 357 Å². The number of hydrogen-bond acceptors (Lipinski definition) is 9. The monoisotopic (exact) mass is 838 g/mol. The van der Waals surface area contributed by atoms with Gasteiger partial charge in [-0.15, -0.1) is 0 Å². The smallest absolute Gasteiger partial charge is 0.326 e. The first-order valence-corrected chi connectivity index (χ1v) is 21.3. The fourth-order valence-electron chi connectivity index (χ4n) is 8.63. The minimum atomic E-state index is -1.15. The molecule has 60 heavy (non-hydrogen) atoms. The lowest BCUT2D eigenvalue weighted by atomic mass is 9.89. The molecule has 2 aromatic carbocycles. The third kappa shape index (κ3) is 13.2. The van der Waals surface area contributed by atoms with Crippen molar-refractivity contribution < 1.29 is 43.7 Å². The molecular weight excluding hydrogens is 767 g/mol. The summed E-state index contributed by atoms with van der Waals surface area (Å²) >= 11 is 0. The molecule has 1 saturated heterocycles. The van der Waals surface area contributed by atoms with Crippen molar-refractivity contribution in [2.75, 3.05) is 34.9 Å². The lowest BCUT2D eigenvalue weighted by Gasteiger charge is -2.41. The molecule has 334 valence electrons. The van der Waals surface area contributed by atoms with Crippen LogP contribution in [0.15, 0.2) is 54.6 Å². The maximum atomic E-state index is 14.5. The number of amides is 4. The molecule has 0 aliphatic carbocycles. The molecule has 14 nitrogen and oxygen atoms in total. The van der Waals surface area contributed by atoms with Gasteiger partial charge in [0.1, 0.15) is 17.8 Å². The Morgan fingerprint density at radius 1 is 0.850 bits per heavy atom. The van der Waals surface area contributed by atoms with E-state index in [4.69, 9.17) is 9.47 Å². The summed E-state index contributed by atoms with van der Waals surface area (Å²) in [6.07, 6.45) is 0.666. The number of ether oxygens (including phenoxy) is 2. The van der Waals surface area contributed by atoms with Crippen molar-refractivity contribution in [3.05, 3.63) is 65.7 Å². The number of carboxylic acid groups (broad SMARTS) is 1. The molecule has 1 aliphatic heterocycles. The number of rotatable bonds is 23. The zero-order chi connectivity index (χ0) is 44.8. The quantitative estimate of drug-likeness (QED) is 0.123. The van der Waals surface area contributed by atoms with Crippen LogP contribution < -0.4 is 10.6 Å². The van der Waals surface area contributed by atoms with Gasteiger partial charge >= 0.3 is 5.97 Å². The van der Waals surface area contributed by atoms with E-state index in [1.165, 1.54) is 14.2 Å². The molecular formula is C46H71N5O9. The van der Waals surface area contributed by atoms with Gasteiger partial charge in [0.2, 0.25) is 23.6 Å². The average molecular weight is 838 g/mol. The van der Waals surface area contributed by atoms with Gasteiger partial charge in [0, 0.05) is 40.8 Å². The van der Waals surface area contributed by atoms with Crippen LogP contribution in [0.1, 0.15) is 85.3 Å². The molecule has 4 N–H and O–H groups in total. The van der Waals surface area contributed by atoms with E-state index in [1.54, 1.807) is 35.9 Å². The predicted octanol–water partition coefficient (Wildman–Crippen LogP) is 4.72. The number of aliphatic carboxylic acids is 1. The van der Waals surface area contributed by atoms with Gasteiger partial charge in [-0.25, -0.2) is 4.79 Å². The van der Waals surface area contributed by atoms with Crippen LogP contribution in [0.25, 0.3) is 0 Å². The minimum absolute atomic E-state index is 0.0367. The lowest BCUT2D eigenvalue weighted by molar-refractivity contribution is -0.148. The van der Waals surface area contributed by atoms with Crippen LogP contribution in [0, 0.1) is 23.7 Å². The normalized spacial score (nSPS) is 18.3. The van der Waals surface area contributed by atoms with Crippen LogP contribution in [0.3, 0.4) is 0 Å². The second kappa shape index (κ2) is 23.5. The number of carbonyl (C=O) groups excluding carboxylic acids is 4. The topological polar surface area (TPSA) is 178 Å². The van der Waals surface area contributed by atoms with E-state index in [9.17, 15) is 34.2 Å². The molecule has 2 aromatic rings. The highest BCUT2D eigenvalue weighted by Gasteiger charge is 2.43. The van der Waals surface area contributed by atoms with Crippen molar-refractivity contribution in [2.45, 2.75) is 130 Å². The summed E-state index contributed by atoms with van der Waals surface area (Å²) in [6, 6.07) is 12.4. The SMILES string of the molecule is CC[C@H](C)[C@@H]([C@@H](CC(=O)N1CCCC1[C@H](OC)[C@@H](C)C(=O)NC(Cc1ccccc1)C(=O)O)OC)N(C)C(=O)C(NC(=O)C(C(C)C)N(C)Cc1ccc(O)cc1)C(C)C. The molecule has 0 radical (unpaired) electrons. The number of phenols is 1. The molecule has 3 rings (SSSR count). The zero-order valence-corrected chi connectivity index (χ0v) is 37.6. The number of phenolic OH excluding ortho intramolecular Hbond substituents is 1. The first-order valence-electron chi connectivity index (χ1n) is 21.3. The number of hydrogen-bond donors (Lipinski definition) is 4. The standard InChI is InChI=1S/C46H71N5O9/c1-12-30(6)41(50(9)45(56)39(28(2)3)48-44(55)40(29(4)5)49(8)27-33-20-22-34(52)23-21-33)37(59-10)26-38(53)51-24-16-19-36(51)42(60-11)31(7)43(54)47-35(46(57)58)25-32-17-14-13-15-18-32/h13-15,17-18,20-23,28-31,35-37,39-42,52H,12,16,19,24-27H2,1-11H3,(H,47,54)(H,48,55)(H,57,58)/t30-,31+,35?,36?,37+,39?,40?,41-,42+/m0/s1. The number of benzene rings is 2. The van der Waals surface area contributed by atoms with Crippen molar-refractivity contribution >= 4 is 29.6 Å². The number of methoxy groups -OCH3 is 2. The third-order valence-corrected chi connectivity index (χ3v) is 12.1. The average Bonchev–Trinajstić information content (AvgIpc) is 3.69. The summed E-state index contributed by atoms with van der Waals surface area (Å²) < 4.78 is 11.9. The van der Waals surface area contributed by atoms with E-state index in [0.29, 0.717) is 32.4 Å². The Morgan fingerprint density at radius 3 is 2.02 bits per heavy atom. The van der Waals surface area contributed by atoms with Crippen molar-refractivity contribution in [3.8, 4) is 5.75 Å². The van der Waals surface area contributed by atoms with Gasteiger partial charge in [0.25, 0.3) is 0 Å². The van der Waals surface area contributed by atoms with Crippen molar-refractivity contribution in [1.29, 1.82) is 0 Å². The maximum absolute atomic E-state index is 14.5. The lowest BCUT2D eigenvalue weighted by Crippen LogP contribution is -2.60. The Balaban J connectivity index is 1.78. The van der Waals surface area contributed by atoms with Gasteiger partial charge in [-0.1, -0.05) is 97.4 Å². The minimum Gasteiger partial charge on any atom is -0.508 e. The summed E-state index contributed by atoms with van der Waals surface area (Å²) in [5.41, 5.74) is 1.71. The highest BCUT2D eigenvalue weighted by molar-refractivity contribution is 5.90. The van der Waals surface area contributed by atoms with Crippen molar-refractivity contribution in [1.82, 2.24) is 25.3 Å². The first-order chi connectivity index (χ1) is 28.4. The highest BCUT2D eigenvalue weighted by atomic mass is 16.5. The van der Waals surface area contributed by atoms with E-state index in [0.717, 1.165) is 11.1 Å². The molecule has 1 aliphatic rings. The van der Waals surface area contributed by atoms with Crippen LogP contribution in [0.2, 0.25) is 0 Å². The van der Waals surface area contributed by atoms with E-state index in [2.05, 4.69) is 10.6 Å². The van der Waals surface area contributed by atoms with Crippen molar-refractivity contribution in [2.24, 2.45) is 23.7 Å². The van der Waals surface area contributed by atoms with Gasteiger partial charge in [-0.05, 0) is 60.9 Å². The number of nitrogens with zero attached hydrogens (tertiary/aromatic N) is 3. The van der Waals surface area contributed by atoms with E-state index in [-0.39, 0.29) is 54.1 Å². The van der Waals surface area contributed by atoms with Gasteiger partial charge < -0.3 is 40.1 Å². The molecule has 0 saturated carbocycles. The van der Waals surface area contributed by atoms with Gasteiger partial charge in [0.15, 0.2) is 0 Å². The van der Waals surface area contributed by atoms with Crippen LogP contribution in [-0.4, -0.2) is 132 Å². The predicted molar refractivity (Wildman–Crippen MR) is 231 cm³/mol. The van der Waals surface area contributed by atoms with Crippen LogP contribution in [-0.2, 0) is 46.4 Å². The number of carbonyl (C=O) groups is 5. The maximum Gasteiger partial charge on any atom is 0.326 e. The largest absolute Gasteiger partial charge is 0.508 e. The second-order valence-electron chi connectivity index (χ2n) is 17.2. The summed E-state index contributed by atoms with van der Waals surface area (Å²) in [5, 5.41) is 25.4. The fraction of sp³-hybridized carbons (Fsp3) is 0.630. The Kier molecular flexibility index (Phi) is 19.5. The summed E-state index contributed by atoms with van der Waals surface area (Å²) in [6.45, 7) is 14.3. The molecule has 1 fully saturated rings. The molecule has 4 unspecified atom stereocenters. The molecule has 9 atom stereocenters. The number of carboxylic acids is 1. The van der Waals surface area contributed by atoms with Crippen molar-refractivity contribution in [3.63, 3.8) is 0 Å². The number of likely N-dealkylation sites (N-methyl/N-ethyl adjacent to an activating group) is 2. The second-order valence-corrected chi connectivity index (χ2v) is 17.2. The molecule has 14 heteroatoms. The van der Waals surface area contributed by atoms with E-state index in [1.807, 2.05) is 96.0 Å². The Hall–Kier alpha value is -4.53. The zero-order valence-electron chi connectivity index (χ0n) is 37.6. The van der Waals surface area contributed by atoms with Crippen LogP contribution in [0.5, 0.6) is 5.75 Å². The molecule has 0 spiro atoms. The molecule has 0 aromatic heterocycles. The molecule has 0 bridgehead atoms. The number of likely N-dealkylation sites (tertiary alicyclic amines) is 1. The number of nitrogens with one attached hydrogen (secondary N) is 2. The number of aromatic hydroxyl groups is 1. The van der Waals surface area contributed by atoms with Gasteiger partial charge in [-0.2, -0.15) is 0 Å². The molecule has 1 heterocycles. The highest BCUT2D eigenvalue weighted by Crippen LogP contribution is 2.30. The van der Waals surface area contributed by atoms with Gasteiger partial charge in [-0.3, -0.25) is 24.1 Å².